The number of nitrogens with one attached hydrogen (secondary N) is 1. The van der Waals surface area contributed by atoms with Gasteiger partial charge in [-0.05, 0) is 18.2 Å². The third-order valence-electron chi connectivity index (χ3n) is 5.54. The summed E-state index contributed by atoms with van der Waals surface area (Å²) in [4.78, 5) is 49.6. The number of anilines is 1. The number of para-hydroxylation sites is 1. The average molecular weight is 471 g/mol. The van der Waals surface area contributed by atoms with Crippen LogP contribution in [0.25, 0.3) is 10.9 Å². The first kappa shape index (κ1) is 22.8. The minimum absolute atomic E-state index is 0.0312. The normalized spacial score (nSPS) is 17.6. The summed E-state index contributed by atoms with van der Waals surface area (Å²) in [6.07, 6.45) is -1.81. The van der Waals surface area contributed by atoms with Crippen LogP contribution in [0.3, 0.4) is 0 Å². The zero-order valence-corrected chi connectivity index (χ0v) is 17.6. The van der Waals surface area contributed by atoms with Gasteiger partial charge in [0.25, 0.3) is 5.91 Å². The maximum absolute atomic E-state index is 14.4. The minimum atomic E-state index is -1.52. The third-order valence-corrected chi connectivity index (χ3v) is 5.54. The molecule has 2 atom stereocenters. The minimum Gasteiger partial charge on any atom is -0.478 e. The summed E-state index contributed by atoms with van der Waals surface area (Å²) in [5.74, 6) is -4.97. The van der Waals surface area contributed by atoms with Gasteiger partial charge in [0.15, 0.2) is 11.5 Å². The number of benzene rings is 2. The van der Waals surface area contributed by atoms with Gasteiger partial charge in [0.2, 0.25) is 11.8 Å². The van der Waals surface area contributed by atoms with Gasteiger partial charge in [-0.3, -0.25) is 19.1 Å². The summed E-state index contributed by atoms with van der Waals surface area (Å²) in [6, 6.07) is 8.79. The molecule has 2 heterocycles. The monoisotopic (exact) mass is 471 g/mol. The van der Waals surface area contributed by atoms with Crippen molar-refractivity contribution in [3.05, 3.63) is 59.5 Å². The molecule has 2 aromatic carbocycles. The lowest BCUT2D eigenvalue weighted by atomic mass is 10.1. The van der Waals surface area contributed by atoms with E-state index in [1.165, 1.54) is 10.7 Å². The molecule has 0 unspecified atom stereocenters. The third kappa shape index (κ3) is 4.17. The number of alkyl halides is 1. The van der Waals surface area contributed by atoms with Gasteiger partial charge in [-0.2, -0.15) is 5.10 Å². The molecule has 0 bridgehead atoms. The number of fused-ring (bicyclic) bond motifs is 1. The van der Waals surface area contributed by atoms with E-state index in [2.05, 4.69) is 10.4 Å². The highest BCUT2D eigenvalue weighted by Gasteiger charge is 2.40. The molecule has 1 aliphatic rings. The number of primary amides is 1. The number of carboxylic acids is 1. The SMILES string of the molecule is NC(=O)c1nn(CC(=O)N2C[C@H](F)C[C@H]2C(=O)Nc2cccc(C(=O)O)c2F)c2ccccc12. The fraction of sp³-hybridized carbons (Fsp3) is 0.227. The van der Waals surface area contributed by atoms with E-state index in [4.69, 9.17) is 10.8 Å². The van der Waals surface area contributed by atoms with Crippen LogP contribution in [-0.4, -0.2) is 62.2 Å². The lowest BCUT2D eigenvalue weighted by molar-refractivity contribution is -0.137. The Labute approximate surface area is 190 Å². The van der Waals surface area contributed by atoms with Crippen molar-refractivity contribution < 1.29 is 33.1 Å². The van der Waals surface area contributed by atoms with Gasteiger partial charge < -0.3 is 21.1 Å². The summed E-state index contributed by atoms with van der Waals surface area (Å²) < 4.78 is 29.9. The van der Waals surface area contributed by atoms with Crippen LogP contribution in [0.2, 0.25) is 0 Å². The summed E-state index contributed by atoms with van der Waals surface area (Å²) in [7, 11) is 0. The number of aromatic nitrogens is 2. The fourth-order valence-corrected chi connectivity index (χ4v) is 3.97. The van der Waals surface area contributed by atoms with Crippen LogP contribution < -0.4 is 11.1 Å². The van der Waals surface area contributed by atoms with Crippen molar-refractivity contribution in [3.63, 3.8) is 0 Å². The number of rotatable bonds is 6. The highest BCUT2D eigenvalue weighted by atomic mass is 19.1. The van der Waals surface area contributed by atoms with Gasteiger partial charge in [-0.1, -0.05) is 24.3 Å². The molecular weight excluding hydrogens is 452 g/mol. The van der Waals surface area contributed by atoms with E-state index < -0.39 is 59.5 Å². The summed E-state index contributed by atoms with van der Waals surface area (Å²) in [6.45, 7) is -0.760. The van der Waals surface area contributed by atoms with Crippen LogP contribution >= 0.6 is 0 Å². The molecule has 0 radical (unpaired) electrons. The Bertz CT molecular complexity index is 1320. The Morgan fingerprint density at radius 1 is 1.15 bits per heavy atom. The van der Waals surface area contributed by atoms with Crippen molar-refractivity contribution in [2.24, 2.45) is 5.73 Å². The Kier molecular flexibility index (Phi) is 5.97. The molecule has 176 valence electrons. The van der Waals surface area contributed by atoms with Crippen molar-refractivity contribution in [1.82, 2.24) is 14.7 Å². The first-order valence-corrected chi connectivity index (χ1v) is 10.2. The number of nitrogens with zero attached hydrogens (tertiary/aromatic N) is 3. The quantitative estimate of drug-likeness (QED) is 0.497. The molecule has 4 rings (SSSR count). The van der Waals surface area contributed by atoms with Crippen LogP contribution in [0.4, 0.5) is 14.5 Å². The lowest BCUT2D eigenvalue weighted by Gasteiger charge is -2.24. The Morgan fingerprint density at radius 2 is 1.88 bits per heavy atom. The molecule has 12 heteroatoms. The largest absolute Gasteiger partial charge is 0.478 e. The van der Waals surface area contributed by atoms with Crippen LogP contribution in [0.15, 0.2) is 42.5 Å². The molecular formula is C22H19F2N5O5. The van der Waals surface area contributed by atoms with Crippen LogP contribution in [0, 0.1) is 5.82 Å². The van der Waals surface area contributed by atoms with Gasteiger partial charge in [0.05, 0.1) is 23.3 Å². The van der Waals surface area contributed by atoms with Crippen molar-refractivity contribution in [2.45, 2.75) is 25.2 Å². The molecule has 3 amide bonds. The highest BCUT2D eigenvalue weighted by Crippen LogP contribution is 2.25. The number of hydrogen-bond donors (Lipinski definition) is 3. The van der Waals surface area contributed by atoms with Gasteiger partial charge >= 0.3 is 5.97 Å². The number of carbonyl (C=O) groups is 4. The zero-order chi connectivity index (χ0) is 24.6. The van der Waals surface area contributed by atoms with Crippen molar-refractivity contribution in [3.8, 4) is 0 Å². The van der Waals surface area contributed by atoms with E-state index in [-0.39, 0.29) is 18.7 Å². The maximum Gasteiger partial charge on any atom is 0.338 e. The Balaban J connectivity index is 1.56. The molecule has 4 N–H and O–H groups in total. The number of aromatic carboxylic acids is 1. The molecule has 3 aromatic rings. The van der Waals surface area contributed by atoms with E-state index in [0.717, 1.165) is 17.0 Å². The van der Waals surface area contributed by atoms with E-state index in [1.54, 1.807) is 24.3 Å². The first-order chi connectivity index (χ1) is 16.2. The van der Waals surface area contributed by atoms with Crippen LogP contribution in [-0.2, 0) is 16.1 Å². The summed E-state index contributed by atoms with van der Waals surface area (Å²) >= 11 is 0. The standard InChI is InChI=1S/C22H19F2N5O5/c23-11-8-16(21(32)26-14-6-3-5-13(18(14)24)22(33)34)28(9-11)17(30)10-29-15-7-2-1-4-12(15)19(27-29)20(25)31/h1-7,11,16H,8-10H2,(H2,25,31)(H,26,32)(H,33,34)/t11-,16+/m1/s1. The molecule has 0 saturated carbocycles. The molecule has 1 fully saturated rings. The topological polar surface area (TPSA) is 148 Å². The van der Waals surface area contributed by atoms with Gasteiger partial charge in [0.1, 0.15) is 18.8 Å². The second kappa shape index (κ2) is 8.89. The molecule has 1 aliphatic heterocycles. The number of nitrogens with two attached hydrogens (primary N) is 1. The number of carboxylic acid groups (broad SMARTS) is 1. The van der Waals surface area contributed by atoms with Crippen LogP contribution in [0.5, 0.6) is 0 Å². The Hall–Kier alpha value is -4.35. The second-order valence-corrected chi connectivity index (χ2v) is 7.74. The molecule has 10 nitrogen and oxygen atoms in total. The van der Waals surface area contributed by atoms with Crippen LogP contribution in [0.1, 0.15) is 27.3 Å². The zero-order valence-electron chi connectivity index (χ0n) is 17.6. The first-order valence-electron chi connectivity index (χ1n) is 10.2. The van der Waals surface area contributed by atoms with E-state index in [9.17, 15) is 28.0 Å². The van der Waals surface area contributed by atoms with E-state index >= 15 is 0 Å². The predicted molar refractivity (Wildman–Crippen MR) is 115 cm³/mol. The fourth-order valence-electron chi connectivity index (χ4n) is 3.97. The second-order valence-electron chi connectivity index (χ2n) is 7.74. The number of amides is 3. The summed E-state index contributed by atoms with van der Waals surface area (Å²) in [5, 5.41) is 15.8. The number of carbonyl (C=O) groups excluding carboxylic acids is 3. The van der Waals surface area contributed by atoms with E-state index in [1.807, 2.05) is 0 Å². The molecule has 0 spiro atoms. The molecule has 34 heavy (non-hydrogen) atoms. The van der Waals surface area contributed by atoms with Gasteiger partial charge in [0, 0.05) is 11.8 Å². The molecule has 0 aliphatic carbocycles. The smallest absolute Gasteiger partial charge is 0.338 e. The lowest BCUT2D eigenvalue weighted by Crippen LogP contribution is -2.44. The number of hydrogen-bond acceptors (Lipinski definition) is 5. The maximum atomic E-state index is 14.4. The summed E-state index contributed by atoms with van der Waals surface area (Å²) in [5.41, 5.74) is 4.74. The molecule has 1 aromatic heterocycles. The van der Waals surface area contributed by atoms with Crippen molar-refractivity contribution in [1.29, 1.82) is 0 Å². The molecule has 1 saturated heterocycles. The van der Waals surface area contributed by atoms with E-state index in [0.29, 0.717) is 10.9 Å². The average Bonchev–Trinajstić information content (AvgIpc) is 3.36. The van der Waals surface area contributed by atoms with Crippen molar-refractivity contribution in [2.75, 3.05) is 11.9 Å². The number of halogens is 2. The Morgan fingerprint density at radius 3 is 2.59 bits per heavy atom. The predicted octanol–water partition coefficient (Wildman–Crippen LogP) is 1.55. The highest BCUT2D eigenvalue weighted by molar-refractivity contribution is 6.04. The van der Waals surface area contributed by atoms with Crippen molar-refractivity contribution >= 4 is 40.3 Å². The number of likely N-dealkylation sites (tertiary alicyclic amines) is 1. The van der Waals surface area contributed by atoms with Gasteiger partial charge in [-0.15, -0.1) is 0 Å². The van der Waals surface area contributed by atoms with Gasteiger partial charge in [-0.25, -0.2) is 13.6 Å².